The molecule has 5 rings (SSSR count). The van der Waals surface area contributed by atoms with Gasteiger partial charge in [-0.05, 0) is 44.0 Å². The Morgan fingerprint density at radius 2 is 2.17 bits per heavy atom. The minimum Gasteiger partial charge on any atom is -0.484 e. The van der Waals surface area contributed by atoms with E-state index in [1.807, 2.05) is 47.7 Å². The van der Waals surface area contributed by atoms with Crippen molar-refractivity contribution in [2.45, 2.75) is 38.5 Å². The third kappa shape index (κ3) is 5.06. The number of nitrogens with two attached hydrogens (primary N) is 1. The van der Waals surface area contributed by atoms with Gasteiger partial charge in [0.2, 0.25) is 0 Å². The van der Waals surface area contributed by atoms with E-state index in [-0.39, 0.29) is 12.2 Å². The number of aliphatic hydroxyl groups is 1. The molecule has 1 saturated heterocycles. The lowest BCUT2D eigenvalue weighted by Crippen LogP contribution is -2.37. The highest BCUT2D eigenvalue weighted by atomic mass is 35.5. The Kier molecular flexibility index (Phi) is 6.80. The number of ether oxygens (including phenoxy) is 1. The number of hydrogen-bond acceptors (Lipinski definition) is 6. The number of halogens is 1. The van der Waals surface area contributed by atoms with E-state index in [0.29, 0.717) is 22.2 Å². The standard InChI is InChI=1S/C26H27ClN4O3S/c1-16(19-6-2-3-7-20(19)27)34-22-11-23(35-25(22)26(28)33)21-12-29-24-9-8-17(14-31(21)24)13-30-10-4-5-18(32)15-30/h2-3,6-9,11-12,14,16,18,32H,4-5,10,13,15H2,1H3,(H2,28,33)/t16?,18-/m1/s1. The summed E-state index contributed by atoms with van der Waals surface area (Å²) in [5, 5.41) is 10.6. The highest BCUT2D eigenvalue weighted by Crippen LogP contribution is 2.39. The third-order valence-electron chi connectivity index (χ3n) is 6.27. The summed E-state index contributed by atoms with van der Waals surface area (Å²) in [5.41, 5.74) is 9.32. The van der Waals surface area contributed by atoms with Crippen molar-refractivity contribution in [2.75, 3.05) is 13.1 Å². The van der Waals surface area contributed by atoms with Crippen LogP contribution in [-0.4, -0.2) is 44.5 Å². The zero-order valence-corrected chi connectivity index (χ0v) is 20.9. The zero-order chi connectivity index (χ0) is 24.5. The maximum Gasteiger partial charge on any atom is 0.262 e. The van der Waals surface area contributed by atoms with Crippen LogP contribution in [0.3, 0.4) is 0 Å². The minimum atomic E-state index is -0.541. The molecule has 182 valence electrons. The van der Waals surface area contributed by atoms with Gasteiger partial charge in [-0.15, -0.1) is 11.3 Å². The number of piperidine rings is 1. The minimum absolute atomic E-state index is 0.263. The van der Waals surface area contributed by atoms with Crippen LogP contribution in [0, 0.1) is 0 Å². The van der Waals surface area contributed by atoms with Gasteiger partial charge in [0.25, 0.3) is 5.91 Å². The number of aromatic nitrogens is 2. The molecule has 35 heavy (non-hydrogen) atoms. The third-order valence-corrected chi connectivity index (χ3v) is 7.77. The van der Waals surface area contributed by atoms with Crippen LogP contribution in [0.1, 0.15) is 46.7 Å². The van der Waals surface area contributed by atoms with Crippen molar-refractivity contribution >= 4 is 34.5 Å². The molecule has 4 heterocycles. The number of likely N-dealkylation sites (tertiary alicyclic amines) is 1. The number of carbonyl (C=O) groups is 1. The first-order chi connectivity index (χ1) is 16.9. The number of amides is 1. The normalized spacial score (nSPS) is 17.5. The van der Waals surface area contributed by atoms with Gasteiger partial charge in [-0.25, -0.2) is 4.98 Å². The summed E-state index contributed by atoms with van der Waals surface area (Å²) in [5.74, 6) is -0.112. The summed E-state index contributed by atoms with van der Waals surface area (Å²) in [6.07, 6.45) is 5.09. The lowest BCUT2D eigenvalue weighted by molar-refractivity contribution is 0.0668. The molecule has 3 N–H and O–H groups in total. The maximum absolute atomic E-state index is 12.2. The Morgan fingerprint density at radius 3 is 2.94 bits per heavy atom. The highest BCUT2D eigenvalue weighted by molar-refractivity contribution is 7.17. The Hall–Kier alpha value is -2.91. The SMILES string of the molecule is CC(Oc1cc(-c2cnc3ccc(CN4CCC[C@@H](O)C4)cn23)sc1C(N)=O)c1ccccc1Cl. The molecule has 0 radical (unpaired) electrons. The smallest absolute Gasteiger partial charge is 0.262 e. The van der Waals surface area contributed by atoms with Crippen LogP contribution in [0.4, 0.5) is 0 Å². The molecular formula is C26H27ClN4O3S. The van der Waals surface area contributed by atoms with E-state index in [4.69, 9.17) is 22.1 Å². The van der Waals surface area contributed by atoms with Crippen LogP contribution in [0.5, 0.6) is 5.75 Å². The average Bonchev–Trinajstić information content (AvgIpc) is 3.43. The molecule has 1 amide bonds. The molecule has 0 spiro atoms. The molecule has 1 unspecified atom stereocenters. The molecule has 0 aliphatic carbocycles. The van der Waals surface area contributed by atoms with Crippen LogP contribution < -0.4 is 10.5 Å². The number of imidazole rings is 1. The van der Waals surface area contributed by atoms with Gasteiger partial charge in [-0.3, -0.25) is 14.1 Å². The van der Waals surface area contributed by atoms with Crippen molar-refractivity contribution < 1.29 is 14.6 Å². The molecule has 2 atom stereocenters. The summed E-state index contributed by atoms with van der Waals surface area (Å²) in [7, 11) is 0. The second-order valence-corrected chi connectivity index (χ2v) is 10.3. The number of benzene rings is 1. The van der Waals surface area contributed by atoms with Crippen molar-refractivity contribution in [1.82, 2.24) is 14.3 Å². The molecule has 1 fully saturated rings. The number of rotatable bonds is 7. The van der Waals surface area contributed by atoms with Gasteiger partial charge in [0.05, 0.1) is 22.9 Å². The second kappa shape index (κ2) is 9.99. The zero-order valence-electron chi connectivity index (χ0n) is 19.4. The van der Waals surface area contributed by atoms with Crippen LogP contribution in [0.2, 0.25) is 5.02 Å². The summed E-state index contributed by atoms with van der Waals surface area (Å²) >= 11 is 7.62. The maximum atomic E-state index is 12.2. The van der Waals surface area contributed by atoms with Crippen LogP contribution in [0.15, 0.2) is 54.9 Å². The van der Waals surface area contributed by atoms with E-state index < -0.39 is 5.91 Å². The molecule has 0 bridgehead atoms. The molecule has 7 nitrogen and oxygen atoms in total. The molecule has 1 aromatic carbocycles. The van der Waals surface area contributed by atoms with Crippen LogP contribution in [0.25, 0.3) is 16.2 Å². The van der Waals surface area contributed by atoms with E-state index >= 15 is 0 Å². The fraction of sp³-hybridized carbons (Fsp3) is 0.308. The molecule has 9 heteroatoms. The van der Waals surface area contributed by atoms with Gasteiger partial charge in [-0.2, -0.15) is 0 Å². The van der Waals surface area contributed by atoms with Crippen molar-refractivity contribution in [3.05, 3.63) is 75.9 Å². The number of pyridine rings is 1. The highest BCUT2D eigenvalue weighted by Gasteiger charge is 2.22. The van der Waals surface area contributed by atoms with Gasteiger partial charge in [0.15, 0.2) is 0 Å². The molecular weight excluding hydrogens is 484 g/mol. The Morgan fingerprint density at radius 1 is 1.34 bits per heavy atom. The van der Waals surface area contributed by atoms with E-state index in [0.717, 1.165) is 53.3 Å². The number of hydrogen-bond donors (Lipinski definition) is 2. The van der Waals surface area contributed by atoms with Gasteiger partial charge >= 0.3 is 0 Å². The number of thiophene rings is 1. The number of primary amides is 1. The number of aliphatic hydroxyl groups excluding tert-OH is 1. The average molecular weight is 511 g/mol. The van der Waals surface area contributed by atoms with E-state index in [2.05, 4.69) is 22.1 Å². The van der Waals surface area contributed by atoms with Crippen molar-refractivity contribution in [3.63, 3.8) is 0 Å². The van der Waals surface area contributed by atoms with E-state index in [1.54, 1.807) is 6.20 Å². The number of fused-ring (bicyclic) bond motifs is 1. The molecule has 3 aromatic heterocycles. The Bertz CT molecular complexity index is 1370. The predicted octanol–water partition coefficient (Wildman–Crippen LogP) is 4.91. The molecule has 1 aliphatic rings. The van der Waals surface area contributed by atoms with Gasteiger partial charge in [-0.1, -0.05) is 35.9 Å². The fourth-order valence-corrected chi connectivity index (χ4v) is 5.79. The second-order valence-electron chi connectivity index (χ2n) is 8.89. The summed E-state index contributed by atoms with van der Waals surface area (Å²) in [4.78, 5) is 20.2. The molecule has 1 aliphatic heterocycles. The largest absolute Gasteiger partial charge is 0.484 e. The predicted molar refractivity (Wildman–Crippen MR) is 138 cm³/mol. The quantitative estimate of drug-likeness (QED) is 0.368. The first-order valence-electron chi connectivity index (χ1n) is 11.6. The number of nitrogens with zero attached hydrogens (tertiary/aromatic N) is 3. The van der Waals surface area contributed by atoms with Crippen LogP contribution >= 0.6 is 22.9 Å². The first-order valence-corrected chi connectivity index (χ1v) is 12.8. The van der Waals surface area contributed by atoms with Gasteiger partial charge in [0, 0.05) is 35.9 Å². The van der Waals surface area contributed by atoms with E-state index in [9.17, 15) is 9.90 Å². The van der Waals surface area contributed by atoms with Gasteiger partial charge < -0.3 is 15.6 Å². The van der Waals surface area contributed by atoms with Crippen molar-refractivity contribution in [3.8, 4) is 16.3 Å². The lowest BCUT2D eigenvalue weighted by Gasteiger charge is -2.29. The number of β-amino-alcohol motifs (C(OH)–C–C–N with tert-alkyl or cyclic N) is 1. The lowest BCUT2D eigenvalue weighted by atomic mass is 10.1. The summed E-state index contributed by atoms with van der Waals surface area (Å²) in [6.45, 7) is 4.31. The van der Waals surface area contributed by atoms with Crippen molar-refractivity contribution in [2.24, 2.45) is 5.73 Å². The Balaban J connectivity index is 1.45. The summed E-state index contributed by atoms with van der Waals surface area (Å²) < 4.78 is 8.19. The Labute approximate surface area is 212 Å². The first kappa shape index (κ1) is 23.8. The summed E-state index contributed by atoms with van der Waals surface area (Å²) in [6, 6.07) is 13.4. The van der Waals surface area contributed by atoms with Crippen LogP contribution in [-0.2, 0) is 6.54 Å². The van der Waals surface area contributed by atoms with E-state index in [1.165, 1.54) is 11.3 Å². The van der Waals surface area contributed by atoms with Crippen molar-refractivity contribution in [1.29, 1.82) is 0 Å². The molecule has 0 saturated carbocycles. The molecule has 4 aromatic rings. The monoisotopic (exact) mass is 510 g/mol. The topological polar surface area (TPSA) is 93.1 Å². The fourth-order valence-electron chi connectivity index (χ4n) is 4.55. The number of carbonyl (C=O) groups excluding carboxylic acids is 1. The van der Waals surface area contributed by atoms with Gasteiger partial charge in [0.1, 0.15) is 22.4 Å².